The smallest absolute Gasteiger partial charge is 0.243 e. The van der Waals surface area contributed by atoms with E-state index in [1.165, 1.54) is 42.3 Å². The molecule has 10 heterocycles. The quantitative estimate of drug-likeness (QED) is 0.101. The number of nitrogens with zero attached hydrogens (tertiary/aromatic N) is 1. The average Bonchev–Trinajstić information content (AvgIpc) is 4.25. The highest BCUT2D eigenvalue weighted by molar-refractivity contribution is 7.99. The zero-order chi connectivity index (χ0) is 57.3. The lowest BCUT2D eigenvalue weighted by atomic mass is 10.1. The second kappa shape index (κ2) is 39.5. The van der Waals surface area contributed by atoms with Crippen LogP contribution in [0.25, 0.3) is 0 Å². The fourth-order valence-electron chi connectivity index (χ4n) is 7.37. The third-order valence-electron chi connectivity index (χ3n) is 12.5. The molecule has 10 fully saturated rings. The molecular weight excluding hydrogens is 1070 g/mol. The number of thioether (sulfide) groups is 2. The van der Waals surface area contributed by atoms with Crippen LogP contribution in [0.1, 0.15) is 96.8 Å². The Kier molecular flexibility index (Phi) is 37.0. The summed E-state index contributed by atoms with van der Waals surface area (Å²) in [6, 6.07) is 1.05. The summed E-state index contributed by atoms with van der Waals surface area (Å²) in [5.41, 5.74) is 54.3. The van der Waals surface area contributed by atoms with Crippen LogP contribution in [-0.2, 0) is 53.2 Å². The molecule has 0 bridgehead atoms. The molecule has 0 aliphatic carbocycles. The van der Waals surface area contributed by atoms with E-state index in [1.807, 2.05) is 28.4 Å². The Labute approximate surface area is 459 Å². The summed E-state index contributed by atoms with van der Waals surface area (Å²) >= 11 is 3.98. The molecule has 6 amide bonds. The van der Waals surface area contributed by atoms with Gasteiger partial charge in [-0.15, -0.1) is 0 Å². The first-order chi connectivity index (χ1) is 35.7. The van der Waals surface area contributed by atoms with Gasteiger partial charge in [0.05, 0.1) is 41.5 Å². The first kappa shape index (κ1) is 71.2. The number of amides is 6. The molecular formula is C46H95N15O11S4. The van der Waals surface area contributed by atoms with Crippen LogP contribution in [0.15, 0.2) is 0 Å². The van der Waals surface area contributed by atoms with Gasteiger partial charge in [-0.05, 0) is 87.9 Å². The maximum absolute atomic E-state index is 10.8. The van der Waals surface area contributed by atoms with Gasteiger partial charge in [-0.2, -0.15) is 23.5 Å². The monoisotopic (exact) mass is 1160 g/mol. The summed E-state index contributed by atoms with van der Waals surface area (Å²) in [4.78, 5) is 64.1. The van der Waals surface area contributed by atoms with Crippen molar-refractivity contribution in [3.05, 3.63) is 0 Å². The SMILES string of the molecule is CC(=O)N1CCC(N)CC1.NC1CC(=O)NC1=O.NC1CCOCC1.NC1CCS(=O)(=O)C1.NC1CCS(=O)(=O)CC1.NC1CCSC1.NC1CCSCC1.NC1CNC(=O)C1.N[C@H]1CCNC1=O.N[C@H]1CNC(=O)C1. The lowest BCUT2D eigenvalue weighted by Crippen LogP contribution is -2.41. The molecule has 4 unspecified atom stereocenters. The standard InChI is InChI=1S/C7H14N2O.C5H11NO2S.C5H11NO.C5H11NS.C4H6N2O2.3C4H8N2O.C4H9NO2S.C4H9NS/c1-6(10)9-4-2-7(8)3-5-9;6-5-1-3-9(7,8)4-2-5;2*6-5-1-3-7-4-2-5;5-2-1-3(7)6-4(2)8;2*5-3-1-4(7)6-2-3;5-3-1-2-6-4(3)7;5-4-1-2-8(6,7)3-4;5-4-1-2-6-3-4/h7H,2-5,8H2,1H3;5H,1-4,6H2;2*5H,1-4,6H2;2H,1,5H2,(H,6,7,8);3*3H,1-2,5H2,(H,6,7);4H,1-3,5H2;4H,1-3,5H2/t;;;;;3-;;3-;;/m.....1.0../s1. The average molecular weight is 1160 g/mol. The topological polar surface area (TPSA) is 491 Å². The Hall–Kier alpha value is -2.82. The number of nitrogens with one attached hydrogen (secondary N) is 4. The lowest BCUT2D eigenvalue weighted by molar-refractivity contribution is -0.130. The number of nitrogens with two attached hydrogens (primary N) is 10. The van der Waals surface area contributed by atoms with E-state index in [0.29, 0.717) is 69.4 Å². The van der Waals surface area contributed by atoms with Crippen molar-refractivity contribution in [2.24, 2.45) is 57.3 Å². The Balaban J connectivity index is 0.000000423. The van der Waals surface area contributed by atoms with Crippen molar-refractivity contribution in [3.8, 4) is 0 Å². The van der Waals surface area contributed by atoms with Crippen LogP contribution in [0, 0.1) is 0 Å². The Bertz CT molecular complexity index is 1870. The highest BCUT2D eigenvalue weighted by Gasteiger charge is 2.27. The van der Waals surface area contributed by atoms with Crippen molar-refractivity contribution in [2.45, 2.75) is 157 Å². The van der Waals surface area contributed by atoms with Gasteiger partial charge in [0.15, 0.2) is 9.84 Å². The van der Waals surface area contributed by atoms with Crippen LogP contribution >= 0.6 is 23.5 Å². The molecule has 30 heteroatoms. The highest BCUT2D eigenvalue weighted by atomic mass is 32.2. The third-order valence-corrected chi connectivity index (χ3v) is 18.2. The molecule has 6 atom stereocenters. The third kappa shape index (κ3) is 37.1. The zero-order valence-corrected chi connectivity index (χ0v) is 47.9. The van der Waals surface area contributed by atoms with Crippen LogP contribution in [-0.4, -0.2) is 210 Å². The second-order valence-electron chi connectivity index (χ2n) is 20.0. The molecule has 10 aliphatic heterocycles. The molecule has 10 rings (SSSR count). The van der Waals surface area contributed by atoms with Gasteiger partial charge < -0.3 is 82.9 Å². The Morgan fingerprint density at radius 1 is 0.500 bits per heavy atom. The predicted octanol–water partition coefficient (Wildman–Crippen LogP) is -5.11. The lowest BCUT2D eigenvalue weighted by Gasteiger charge is -2.28. The van der Waals surface area contributed by atoms with Crippen LogP contribution in [0.2, 0.25) is 0 Å². The summed E-state index contributed by atoms with van der Waals surface area (Å²) in [6.07, 6.45) is 11.5. The largest absolute Gasteiger partial charge is 0.381 e. The number of rotatable bonds is 0. The van der Waals surface area contributed by atoms with Gasteiger partial charge in [-0.1, -0.05) is 0 Å². The van der Waals surface area contributed by atoms with Crippen molar-refractivity contribution in [1.29, 1.82) is 0 Å². The Morgan fingerprint density at radius 3 is 1.17 bits per heavy atom. The maximum atomic E-state index is 10.8. The van der Waals surface area contributed by atoms with Crippen LogP contribution < -0.4 is 78.6 Å². The van der Waals surface area contributed by atoms with Crippen LogP contribution in [0.4, 0.5) is 0 Å². The number of hydrogen-bond donors (Lipinski definition) is 14. The number of carbonyl (C=O) groups excluding carboxylic acids is 6. The molecule has 0 spiro atoms. The van der Waals surface area contributed by atoms with Crippen LogP contribution in [0.3, 0.4) is 0 Å². The zero-order valence-electron chi connectivity index (χ0n) is 44.6. The van der Waals surface area contributed by atoms with E-state index in [0.717, 1.165) is 65.0 Å². The van der Waals surface area contributed by atoms with E-state index < -0.39 is 25.7 Å². The first-order valence-corrected chi connectivity index (χ1v) is 32.2. The van der Waals surface area contributed by atoms with Gasteiger partial charge in [0, 0.05) is 120 Å². The van der Waals surface area contributed by atoms with Gasteiger partial charge in [-0.25, -0.2) is 16.8 Å². The molecule has 26 nitrogen and oxygen atoms in total. The maximum Gasteiger partial charge on any atom is 0.243 e. The predicted molar refractivity (Wildman–Crippen MR) is 302 cm³/mol. The first-order valence-electron chi connectivity index (χ1n) is 26.3. The van der Waals surface area contributed by atoms with E-state index in [9.17, 15) is 45.6 Å². The number of ether oxygens (including phenoxy) is 1. The molecule has 0 aromatic heterocycles. The van der Waals surface area contributed by atoms with Crippen molar-refractivity contribution in [1.82, 2.24) is 26.2 Å². The van der Waals surface area contributed by atoms with Crippen molar-refractivity contribution < 1.29 is 50.3 Å². The van der Waals surface area contributed by atoms with Crippen LogP contribution in [0.5, 0.6) is 0 Å². The van der Waals surface area contributed by atoms with E-state index in [2.05, 4.69) is 21.3 Å². The molecule has 0 saturated carbocycles. The second-order valence-corrected chi connectivity index (χ2v) is 26.9. The number of sulfone groups is 2. The minimum Gasteiger partial charge on any atom is -0.381 e. The minimum atomic E-state index is -2.72. The van der Waals surface area contributed by atoms with Crippen molar-refractivity contribution in [2.75, 3.05) is 92.0 Å². The molecule has 24 N–H and O–H groups in total. The number of hydrogen-bond acceptors (Lipinski definition) is 23. The van der Waals surface area contributed by atoms with Crippen molar-refractivity contribution >= 4 is 78.6 Å². The molecule has 10 saturated heterocycles. The van der Waals surface area contributed by atoms with E-state index in [4.69, 9.17) is 62.1 Å². The summed E-state index contributed by atoms with van der Waals surface area (Å²) in [6.45, 7) is 7.07. The van der Waals surface area contributed by atoms with E-state index in [-0.39, 0.29) is 95.1 Å². The van der Waals surface area contributed by atoms with Gasteiger partial charge >= 0.3 is 0 Å². The normalized spacial score (nSPS) is 28.6. The molecule has 76 heavy (non-hydrogen) atoms. The Morgan fingerprint density at radius 2 is 0.961 bits per heavy atom. The summed E-state index contributed by atoms with van der Waals surface area (Å²) in [5, 5.41) is 9.88. The van der Waals surface area contributed by atoms with E-state index >= 15 is 0 Å². The number of piperidine rings is 1. The number of imide groups is 1. The van der Waals surface area contributed by atoms with Crippen molar-refractivity contribution in [3.63, 3.8) is 0 Å². The fourth-order valence-corrected chi connectivity index (χ4v) is 12.8. The summed E-state index contributed by atoms with van der Waals surface area (Å²) in [7, 11) is -5.42. The van der Waals surface area contributed by atoms with Gasteiger partial charge in [-0.3, -0.25) is 34.1 Å². The van der Waals surface area contributed by atoms with E-state index in [1.54, 1.807) is 6.92 Å². The summed E-state index contributed by atoms with van der Waals surface area (Å²) in [5.74, 6) is 5.73. The number of carbonyl (C=O) groups is 6. The van der Waals surface area contributed by atoms with Gasteiger partial charge in [0.2, 0.25) is 35.4 Å². The van der Waals surface area contributed by atoms with Gasteiger partial charge in [0.25, 0.3) is 0 Å². The molecule has 444 valence electrons. The highest BCUT2D eigenvalue weighted by Crippen LogP contribution is 2.15. The molecule has 10 aliphatic rings. The fraction of sp³-hybridized carbons (Fsp3) is 0.870. The van der Waals surface area contributed by atoms with Gasteiger partial charge in [0.1, 0.15) is 9.84 Å². The molecule has 0 aromatic carbocycles. The molecule has 0 radical (unpaired) electrons. The minimum absolute atomic E-state index is 0.0139. The molecule has 0 aromatic rings. The number of likely N-dealkylation sites (tertiary alicyclic amines) is 1. The summed E-state index contributed by atoms with van der Waals surface area (Å²) < 4.78 is 47.7.